The van der Waals surface area contributed by atoms with Gasteiger partial charge in [0.15, 0.2) is 5.69 Å². The molecule has 0 aliphatic carbocycles. The number of benzene rings is 1. The molecule has 1 unspecified atom stereocenters. The third kappa shape index (κ3) is 3.98. The van der Waals surface area contributed by atoms with Crippen LogP contribution in [0.2, 0.25) is 0 Å². The molecule has 1 aliphatic heterocycles. The van der Waals surface area contributed by atoms with Gasteiger partial charge >= 0.3 is 5.97 Å². The van der Waals surface area contributed by atoms with Crippen LogP contribution in [0, 0.1) is 5.92 Å². The fourth-order valence-corrected chi connectivity index (χ4v) is 3.07. The first-order valence-corrected chi connectivity index (χ1v) is 8.21. The molecule has 0 amide bonds. The van der Waals surface area contributed by atoms with E-state index in [4.69, 9.17) is 5.11 Å². The van der Waals surface area contributed by atoms with Crippen LogP contribution >= 0.6 is 15.9 Å². The largest absolute Gasteiger partial charge is 0.476 e. The van der Waals surface area contributed by atoms with Crippen molar-refractivity contribution in [3.63, 3.8) is 0 Å². The Morgan fingerprint density at radius 3 is 2.96 bits per heavy atom. The van der Waals surface area contributed by atoms with E-state index < -0.39 is 5.97 Å². The van der Waals surface area contributed by atoms with Gasteiger partial charge in [0, 0.05) is 29.8 Å². The number of anilines is 2. The molecule has 0 bridgehead atoms. The Morgan fingerprint density at radius 1 is 1.39 bits per heavy atom. The Bertz CT molecular complexity index is 693. The molecular weight excluding hydrogens is 360 g/mol. The minimum absolute atomic E-state index is 0.0442. The third-order valence-corrected chi connectivity index (χ3v) is 4.40. The summed E-state index contributed by atoms with van der Waals surface area (Å²) < 4.78 is 1.09. The average Bonchev–Trinajstić information content (AvgIpc) is 3.02. The molecule has 0 spiro atoms. The van der Waals surface area contributed by atoms with Crippen molar-refractivity contribution in [3.8, 4) is 0 Å². The van der Waals surface area contributed by atoms with Crippen LogP contribution in [0.25, 0.3) is 0 Å². The van der Waals surface area contributed by atoms with E-state index in [1.165, 1.54) is 18.1 Å². The van der Waals surface area contributed by atoms with E-state index in [1.807, 2.05) is 12.1 Å². The minimum atomic E-state index is -1.07. The number of hydrogen-bond donors (Lipinski definition) is 2. The van der Waals surface area contributed by atoms with Crippen molar-refractivity contribution >= 4 is 33.4 Å². The maximum absolute atomic E-state index is 10.7. The van der Waals surface area contributed by atoms with E-state index in [9.17, 15) is 4.79 Å². The summed E-state index contributed by atoms with van der Waals surface area (Å²) in [4.78, 5) is 21.0. The Kier molecular flexibility index (Phi) is 4.76. The molecule has 120 valence electrons. The second-order valence-electron chi connectivity index (χ2n) is 5.55. The molecule has 1 atom stereocenters. The standard InChI is InChI=1S/C16H17BrN4O2/c17-12-2-1-3-13(6-12)21-5-4-11(10-21)7-19-15-9-18-14(8-20-15)16(22)23/h1-3,6,8-9,11H,4-5,7,10H2,(H,19,20)(H,22,23). The van der Waals surface area contributed by atoms with Gasteiger partial charge in [0.25, 0.3) is 0 Å². The SMILES string of the molecule is O=C(O)c1cnc(NCC2CCN(c3cccc(Br)c3)C2)cn1. The summed E-state index contributed by atoms with van der Waals surface area (Å²) in [7, 11) is 0. The van der Waals surface area contributed by atoms with Crippen LogP contribution in [0.1, 0.15) is 16.9 Å². The van der Waals surface area contributed by atoms with Crippen molar-refractivity contribution in [2.75, 3.05) is 29.9 Å². The fourth-order valence-electron chi connectivity index (χ4n) is 2.69. The number of halogens is 1. The summed E-state index contributed by atoms with van der Waals surface area (Å²) in [6, 6.07) is 8.32. The van der Waals surface area contributed by atoms with E-state index in [-0.39, 0.29) is 5.69 Å². The molecule has 0 saturated carbocycles. The molecule has 0 radical (unpaired) electrons. The Hall–Kier alpha value is -2.15. The lowest BCUT2D eigenvalue weighted by molar-refractivity contribution is 0.0690. The number of nitrogens with one attached hydrogen (secondary N) is 1. The van der Waals surface area contributed by atoms with Crippen LogP contribution in [0.5, 0.6) is 0 Å². The van der Waals surface area contributed by atoms with Gasteiger partial charge in [0.1, 0.15) is 5.82 Å². The third-order valence-electron chi connectivity index (χ3n) is 3.90. The van der Waals surface area contributed by atoms with Gasteiger partial charge in [-0.2, -0.15) is 0 Å². The van der Waals surface area contributed by atoms with Gasteiger partial charge in [-0.3, -0.25) is 0 Å². The van der Waals surface area contributed by atoms with Crippen LogP contribution in [-0.2, 0) is 0 Å². The van der Waals surface area contributed by atoms with E-state index in [0.29, 0.717) is 11.7 Å². The first-order chi connectivity index (χ1) is 11.1. The predicted octanol–water partition coefficient (Wildman–Crippen LogP) is 2.88. The lowest BCUT2D eigenvalue weighted by Gasteiger charge is -2.19. The molecule has 7 heteroatoms. The molecule has 1 aliphatic rings. The molecular formula is C16H17BrN4O2. The van der Waals surface area contributed by atoms with E-state index in [0.717, 1.165) is 30.5 Å². The molecule has 2 heterocycles. The highest BCUT2D eigenvalue weighted by atomic mass is 79.9. The number of rotatable bonds is 5. The van der Waals surface area contributed by atoms with Crippen molar-refractivity contribution in [2.24, 2.45) is 5.92 Å². The van der Waals surface area contributed by atoms with Crippen LogP contribution < -0.4 is 10.2 Å². The lowest BCUT2D eigenvalue weighted by Crippen LogP contribution is -2.22. The van der Waals surface area contributed by atoms with E-state index in [1.54, 1.807) is 0 Å². The summed E-state index contributed by atoms with van der Waals surface area (Å²) in [5.41, 5.74) is 1.18. The molecule has 1 saturated heterocycles. The van der Waals surface area contributed by atoms with Gasteiger partial charge in [-0.05, 0) is 30.5 Å². The maximum Gasteiger partial charge on any atom is 0.356 e. The maximum atomic E-state index is 10.7. The average molecular weight is 377 g/mol. The van der Waals surface area contributed by atoms with Crippen molar-refractivity contribution < 1.29 is 9.90 Å². The molecule has 6 nitrogen and oxygen atoms in total. The molecule has 1 aromatic carbocycles. The van der Waals surface area contributed by atoms with Crippen molar-refractivity contribution in [1.82, 2.24) is 9.97 Å². The van der Waals surface area contributed by atoms with Crippen LogP contribution in [0.15, 0.2) is 41.1 Å². The number of aromatic nitrogens is 2. The molecule has 2 aromatic rings. The van der Waals surface area contributed by atoms with Crippen LogP contribution in [0.4, 0.5) is 11.5 Å². The Morgan fingerprint density at radius 2 is 2.26 bits per heavy atom. The number of carbonyl (C=O) groups is 1. The first-order valence-electron chi connectivity index (χ1n) is 7.41. The first kappa shape index (κ1) is 15.7. The summed E-state index contributed by atoms with van der Waals surface area (Å²) in [5.74, 6) is 0.0651. The number of carboxylic acids is 1. The van der Waals surface area contributed by atoms with Crippen LogP contribution in [-0.4, -0.2) is 40.7 Å². The summed E-state index contributed by atoms with van der Waals surface area (Å²) in [6.07, 6.45) is 3.84. The number of aromatic carboxylic acids is 1. The summed E-state index contributed by atoms with van der Waals surface area (Å²) >= 11 is 3.51. The highest BCUT2D eigenvalue weighted by Gasteiger charge is 2.22. The van der Waals surface area contributed by atoms with Gasteiger partial charge < -0.3 is 15.3 Å². The van der Waals surface area contributed by atoms with Crippen molar-refractivity contribution in [3.05, 3.63) is 46.8 Å². The van der Waals surface area contributed by atoms with Gasteiger partial charge in [-0.15, -0.1) is 0 Å². The minimum Gasteiger partial charge on any atom is -0.476 e. The van der Waals surface area contributed by atoms with Gasteiger partial charge in [-0.25, -0.2) is 14.8 Å². The predicted molar refractivity (Wildman–Crippen MR) is 91.9 cm³/mol. The number of hydrogen-bond acceptors (Lipinski definition) is 5. The lowest BCUT2D eigenvalue weighted by atomic mass is 10.1. The smallest absolute Gasteiger partial charge is 0.356 e. The zero-order valence-electron chi connectivity index (χ0n) is 12.4. The van der Waals surface area contributed by atoms with Crippen molar-refractivity contribution in [1.29, 1.82) is 0 Å². The van der Waals surface area contributed by atoms with E-state index >= 15 is 0 Å². The zero-order valence-corrected chi connectivity index (χ0v) is 14.0. The van der Waals surface area contributed by atoms with E-state index in [2.05, 4.69) is 48.2 Å². The molecule has 2 N–H and O–H groups in total. The van der Waals surface area contributed by atoms with Crippen LogP contribution in [0.3, 0.4) is 0 Å². The molecule has 1 fully saturated rings. The van der Waals surface area contributed by atoms with Gasteiger partial charge in [0.05, 0.1) is 12.4 Å². The number of nitrogens with zero attached hydrogens (tertiary/aromatic N) is 3. The fraction of sp³-hybridized carbons (Fsp3) is 0.312. The Labute approximate surface area is 142 Å². The Balaban J connectivity index is 1.53. The second-order valence-corrected chi connectivity index (χ2v) is 6.47. The monoisotopic (exact) mass is 376 g/mol. The normalized spacial score (nSPS) is 17.3. The topological polar surface area (TPSA) is 78.3 Å². The quantitative estimate of drug-likeness (QED) is 0.835. The van der Waals surface area contributed by atoms with Gasteiger partial charge in [-0.1, -0.05) is 22.0 Å². The highest BCUT2D eigenvalue weighted by molar-refractivity contribution is 9.10. The summed E-state index contributed by atoms with van der Waals surface area (Å²) in [6.45, 7) is 2.82. The highest BCUT2D eigenvalue weighted by Crippen LogP contribution is 2.26. The number of carboxylic acid groups (broad SMARTS) is 1. The molecule has 1 aromatic heterocycles. The van der Waals surface area contributed by atoms with Crippen molar-refractivity contribution in [2.45, 2.75) is 6.42 Å². The molecule has 23 heavy (non-hydrogen) atoms. The molecule has 3 rings (SSSR count). The second kappa shape index (κ2) is 6.95. The van der Waals surface area contributed by atoms with Gasteiger partial charge in [0.2, 0.25) is 0 Å². The zero-order chi connectivity index (χ0) is 16.2. The summed E-state index contributed by atoms with van der Waals surface area (Å²) in [5, 5.41) is 12.0.